The first kappa shape index (κ1) is 42.1. The highest BCUT2D eigenvalue weighted by atomic mass is 16.4. The van der Waals surface area contributed by atoms with Crippen molar-refractivity contribution in [2.24, 2.45) is 17.6 Å². The number of aliphatic hydroxyl groups is 1. The molecule has 0 radical (unpaired) electrons. The predicted molar refractivity (Wildman–Crippen MR) is 189 cm³/mol. The van der Waals surface area contributed by atoms with Crippen LogP contribution in [-0.4, -0.2) is 93.7 Å². The smallest absolute Gasteiger partial charge is 0.325 e. The van der Waals surface area contributed by atoms with Gasteiger partial charge in [0.05, 0.1) is 12.6 Å². The third-order valence-corrected chi connectivity index (χ3v) is 7.87. The lowest BCUT2D eigenvalue weighted by Crippen LogP contribution is -2.60. The number of rotatable bonds is 20. The Morgan fingerprint density at radius 3 is 1.51 bits per heavy atom. The number of nitrogens with one attached hydrogen (secondary N) is 5. The van der Waals surface area contributed by atoms with Crippen LogP contribution in [0.1, 0.15) is 58.6 Å². The third-order valence-electron chi connectivity index (χ3n) is 7.87. The van der Waals surface area contributed by atoms with Crippen LogP contribution in [0.5, 0.6) is 5.75 Å². The molecule has 15 heteroatoms. The van der Waals surface area contributed by atoms with Gasteiger partial charge in [0.15, 0.2) is 0 Å². The maximum absolute atomic E-state index is 13.8. The Morgan fingerprint density at radius 1 is 0.588 bits per heavy atom. The Morgan fingerprint density at radius 2 is 1.02 bits per heavy atom. The summed E-state index contributed by atoms with van der Waals surface area (Å²) in [6.07, 6.45) is 0.554. The largest absolute Gasteiger partial charge is 0.508 e. The molecule has 0 aliphatic heterocycles. The Balaban J connectivity index is 2.29. The standard InChI is InChI=1S/C36H52N6O9/c1-20(2)15-27(39-31(45)26(37)17-23-9-7-6-8-10-23)32(46)40-28(16-21(3)4)33(47)41-29(18-24-11-13-25(44)14-12-24)34(48)42-30(19-43)35(49)38-22(5)36(50)51/h6-14,20-22,26-30,43-44H,15-19,37H2,1-5H3,(H,38,49)(H,39,45)(H,40,46)(H,41,47)(H,42,48)(H,50,51)/t22-,26-,27-,28-,29-,30-/m0/s1. The number of hydrogen-bond acceptors (Lipinski definition) is 9. The minimum Gasteiger partial charge on any atom is -0.508 e. The predicted octanol–water partition coefficient (Wildman–Crippen LogP) is 0.118. The number of carbonyl (C=O) groups excluding carboxylic acids is 5. The molecule has 0 unspecified atom stereocenters. The van der Waals surface area contributed by atoms with Crippen LogP contribution in [0, 0.1) is 11.8 Å². The zero-order valence-electron chi connectivity index (χ0n) is 29.7. The molecule has 0 heterocycles. The number of aliphatic hydroxyl groups excluding tert-OH is 1. The number of aromatic hydroxyl groups is 1. The van der Waals surface area contributed by atoms with Crippen LogP contribution in [-0.2, 0) is 41.6 Å². The molecule has 2 aromatic carbocycles. The first-order valence-electron chi connectivity index (χ1n) is 16.9. The van der Waals surface area contributed by atoms with Crippen molar-refractivity contribution in [1.29, 1.82) is 0 Å². The van der Waals surface area contributed by atoms with Crippen molar-refractivity contribution in [2.45, 2.75) is 96.6 Å². The molecule has 15 nitrogen and oxygen atoms in total. The molecule has 0 saturated heterocycles. The molecule has 2 aromatic rings. The summed E-state index contributed by atoms with van der Waals surface area (Å²) < 4.78 is 0. The Kier molecular flexibility index (Phi) is 17.0. The van der Waals surface area contributed by atoms with Gasteiger partial charge in [0, 0.05) is 6.42 Å². The maximum atomic E-state index is 13.8. The Labute approximate surface area is 298 Å². The minimum absolute atomic E-state index is 0.0164. The molecule has 2 rings (SSSR count). The number of hydrogen-bond donors (Lipinski definition) is 9. The third kappa shape index (κ3) is 14.8. The topological polar surface area (TPSA) is 249 Å². The summed E-state index contributed by atoms with van der Waals surface area (Å²) in [6.45, 7) is 7.78. The van der Waals surface area contributed by atoms with Crippen LogP contribution in [0.3, 0.4) is 0 Å². The Hall–Kier alpha value is -5.02. The molecule has 10 N–H and O–H groups in total. The molecule has 0 saturated carbocycles. The summed E-state index contributed by atoms with van der Waals surface area (Å²) in [5.74, 6) is -5.17. The number of amides is 5. The van der Waals surface area contributed by atoms with Gasteiger partial charge in [0.2, 0.25) is 29.5 Å². The normalized spacial score (nSPS) is 14.7. The number of benzene rings is 2. The summed E-state index contributed by atoms with van der Waals surface area (Å²) in [6, 6.07) is 7.75. The van der Waals surface area contributed by atoms with Crippen molar-refractivity contribution in [3.8, 4) is 5.75 Å². The summed E-state index contributed by atoms with van der Waals surface area (Å²) in [5, 5.41) is 41.3. The number of carboxylic acid groups (broad SMARTS) is 1. The van der Waals surface area contributed by atoms with Gasteiger partial charge in [0.1, 0.15) is 36.0 Å². The van der Waals surface area contributed by atoms with E-state index in [0.29, 0.717) is 5.56 Å². The van der Waals surface area contributed by atoms with E-state index >= 15 is 0 Å². The molecule has 6 atom stereocenters. The van der Waals surface area contributed by atoms with E-state index in [1.807, 2.05) is 58.0 Å². The highest BCUT2D eigenvalue weighted by Gasteiger charge is 2.33. The molecular formula is C36H52N6O9. The van der Waals surface area contributed by atoms with E-state index in [1.54, 1.807) is 0 Å². The molecule has 51 heavy (non-hydrogen) atoms. The quantitative estimate of drug-likeness (QED) is 0.0897. The van der Waals surface area contributed by atoms with Gasteiger partial charge >= 0.3 is 5.97 Å². The molecule has 0 aliphatic rings. The van der Waals surface area contributed by atoms with E-state index in [2.05, 4.69) is 26.6 Å². The fourth-order valence-corrected chi connectivity index (χ4v) is 5.11. The molecule has 280 valence electrons. The summed E-state index contributed by atoms with van der Waals surface area (Å²) in [7, 11) is 0. The molecular weight excluding hydrogens is 660 g/mol. The van der Waals surface area contributed by atoms with Crippen molar-refractivity contribution in [3.05, 3.63) is 65.7 Å². The van der Waals surface area contributed by atoms with Gasteiger partial charge in [-0.2, -0.15) is 0 Å². The summed E-state index contributed by atoms with van der Waals surface area (Å²) in [4.78, 5) is 77.9. The number of carbonyl (C=O) groups is 6. The van der Waals surface area contributed by atoms with Gasteiger partial charge < -0.3 is 47.6 Å². The van der Waals surface area contributed by atoms with Gasteiger partial charge in [-0.3, -0.25) is 28.8 Å². The van der Waals surface area contributed by atoms with Crippen molar-refractivity contribution >= 4 is 35.5 Å². The summed E-state index contributed by atoms with van der Waals surface area (Å²) in [5.41, 5.74) is 7.55. The molecule has 0 fully saturated rings. The van der Waals surface area contributed by atoms with Crippen LogP contribution in [0.4, 0.5) is 0 Å². The number of nitrogens with two attached hydrogens (primary N) is 1. The molecule has 0 spiro atoms. The first-order valence-corrected chi connectivity index (χ1v) is 16.9. The highest BCUT2D eigenvalue weighted by molar-refractivity contribution is 5.96. The van der Waals surface area contributed by atoms with Crippen molar-refractivity contribution in [2.75, 3.05) is 6.61 Å². The van der Waals surface area contributed by atoms with E-state index in [-0.39, 0.29) is 43.3 Å². The average molecular weight is 713 g/mol. The second-order valence-electron chi connectivity index (χ2n) is 13.4. The van der Waals surface area contributed by atoms with E-state index in [1.165, 1.54) is 31.2 Å². The van der Waals surface area contributed by atoms with Crippen molar-refractivity contribution in [3.63, 3.8) is 0 Å². The lowest BCUT2D eigenvalue weighted by atomic mass is 9.98. The van der Waals surface area contributed by atoms with Gasteiger partial charge in [-0.1, -0.05) is 70.2 Å². The summed E-state index contributed by atoms with van der Waals surface area (Å²) >= 11 is 0. The fourth-order valence-electron chi connectivity index (χ4n) is 5.11. The zero-order valence-corrected chi connectivity index (χ0v) is 29.7. The van der Waals surface area contributed by atoms with E-state index in [0.717, 1.165) is 5.56 Å². The average Bonchev–Trinajstić information content (AvgIpc) is 3.06. The lowest BCUT2D eigenvalue weighted by molar-refractivity contribution is -0.142. The minimum atomic E-state index is -1.54. The molecule has 0 bridgehead atoms. The fraction of sp³-hybridized carbons (Fsp3) is 0.500. The SMILES string of the molecule is CC(C)C[C@H](NC(=O)[C@H](CC(C)C)NC(=O)[C@@H](N)Cc1ccccc1)C(=O)N[C@@H](Cc1ccc(O)cc1)C(=O)N[C@@H](CO)C(=O)N[C@@H](C)C(=O)O. The van der Waals surface area contributed by atoms with E-state index in [4.69, 9.17) is 10.8 Å². The van der Waals surface area contributed by atoms with E-state index < -0.39 is 78.4 Å². The number of phenols is 1. The second kappa shape index (κ2) is 20.6. The lowest BCUT2D eigenvalue weighted by Gasteiger charge is -2.28. The van der Waals surface area contributed by atoms with Crippen LogP contribution in [0.15, 0.2) is 54.6 Å². The second-order valence-corrected chi connectivity index (χ2v) is 13.4. The Bertz CT molecular complexity index is 1470. The van der Waals surface area contributed by atoms with Gasteiger partial charge in [-0.05, 0) is 61.3 Å². The van der Waals surface area contributed by atoms with Crippen LogP contribution in [0.2, 0.25) is 0 Å². The van der Waals surface area contributed by atoms with E-state index in [9.17, 15) is 39.0 Å². The molecule has 5 amide bonds. The highest BCUT2D eigenvalue weighted by Crippen LogP contribution is 2.14. The van der Waals surface area contributed by atoms with Crippen LogP contribution >= 0.6 is 0 Å². The van der Waals surface area contributed by atoms with Crippen LogP contribution < -0.4 is 32.3 Å². The molecule has 0 aromatic heterocycles. The van der Waals surface area contributed by atoms with Gasteiger partial charge in [-0.25, -0.2) is 0 Å². The monoisotopic (exact) mass is 712 g/mol. The number of phenolic OH excluding ortho intramolecular Hbond substituents is 1. The number of carboxylic acids is 1. The van der Waals surface area contributed by atoms with Crippen molar-refractivity contribution in [1.82, 2.24) is 26.6 Å². The first-order chi connectivity index (χ1) is 24.0. The zero-order chi connectivity index (χ0) is 38.2. The van der Waals surface area contributed by atoms with Crippen LogP contribution in [0.25, 0.3) is 0 Å². The maximum Gasteiger partial charge on any atom is 0.325 e. The number of aliphatic carboxylic acids is 1. The van der Waals surface area contributed by atoms with Crippen molar-refractivity contribution < 1.29 is 44.1 Å². The van der Waals surface area contributed by atoms with Gasteiger partial charge in [-0.15, -0.1) is 0 Å². The van der Waals surface area contributed by atoms with Gasteiger partial charge in [0.25, 0.3) is 0 Å². The molecule has 0 aliphatic carbocycles.